The van der Waals surface area contributed by atoms with Gasteiger partial charge in [0.05, 0.1) is 0 Å². The van der Waals surface area contributed by atoms with E-state index in [4.69, 9.17) is 0 Å². The molecule has 0 spiro atoms. The number of aromatic nitrogens is 3. The molecule has 0 bridgehead atoms. The van der Waals surface area contributed by atoms with Gasteiger partial charge in [-0.05, 0) is 48.7 Å². The molecule has 4 N–H and O–H groups in total. The molecule has 2 heterocycles. The highest BCUT2D eigenvalue weighted by Crippen LogP contribution is 2.18. The molecule has 3 rings (SSSR count). The first-order chi connectivity index (χ1) is 13.7. The van der Waals surface area contributed by atoms with Crippen LogP contribution in [0.2, 0.25) is 0 Å². The maximum absolute atomic E-state index is 11.9. The predicted molar refractivity (Wildman–Crippen MR) is 113 cm³/mol. The highest BCUT2D eigenvalue weighted by atomic mass is 32.2. The molecule has 9 heteroatoms. The van der Waals surface area contributed by atoms with Crippen LogP contribution >= 0.6 is 11.8 Å². The minimum Gasteiger partial charge on any atom is -0.367 e. The fourth-order valence-corrected chi connectivity index (χ4v) is 2.78. The summed E-state index contributed by atoms with van der Waals surface area (Å²) in [5, 5.41) is 20.1. The molecule has 2 aromatic heterocycles. The normalized spacial score (nSPS) is 10.2. The van der Waals surface area contributed by atoms with Crippen molar-refractivity contribution in [2.45, 2.75) is 4.90 Å². The number of carbonyl (C=O) groups excluding carboxylic acids is 1. The molecule has 0 saturated carbocycles. The first-order valence-corrected chi connectivity index (χ1v) is 9.89. The number of hydrogen-bond acceptors (Lipinski definition) is 7. The van der Waals surface area contributed by atoms with E-state index in [0.29, 0.717) is 24.7 Å². The second-order valence-corrected chi connectivity index (χ2v) is 6.58. The molecule has 0 unspecified atom stereocenters. The fraction of sp³-hybridized carbons (Fsp3) is 0.158. The lowest BCUT2D eigenvalue weighted by Crippen LogP contribution is -2.32. The Kier molecular flexibility index (Phi) is 7.02. The third-order valence-corrected chi connectivity index (χ3v) is 4.39. The number of rotatable bonds is 8. The Balaban J connectivity index is 1.38. The maximum Gasteiger partial charge on any atom is 0.319 e. The van der Waals surface area contributed by atoms with Crippen LogP contribution in [0.25, 0.3) is 0 Å². The minimum atomic E-state index is -0.247. The molecule has 8 nitrogen and oxygen atoms in total. The Morgan fingerprint density at radius 2 is 1.75 bits per heavy atom. The van der Waals surface area contributed by atoms with Gasteiger partial charge in [0.15, 0.2) is 5.82 Å². The largest absolute Gasteiger partial charge is 0.367 e. The fourth-order valence-electron chi connectivity index (χ4n) is 2.32. The molecule has 0 aliphatic heterocycles. The van der Waals surface area contributed by atoms with Crippen molar-refractivity contribution < 1.29 is 4.79 Å². The van der Waals surface area contributed by atoms with Crippen molar-refractivity contribution in [1.29, 1.82) is 0 Å². The van der Waals surface area contributed by atoms with Crippen molar-refractivity contribution in [2.75, 3.05) is 35.3 Å². The van der Waals surface area contributed by atoms with Crippen LogP contribution in [0.15, 0.2) is 65.8 Å². The number of anilines is 4. The minimum absolute atomic E-state index is 0.247. The van der Waals surface area contributed by atoms with Gasteiger partial charge in [-0.15, -0.1) is 22.0 Å². The van der Waals surface area contributed by atoms with Crippen LogP contribution in [0, 0.1) is 0 Å². The van der Waals surface area contributed by atoms with Crippen LogP contribution in [0.3, 0.4) is 0 Å². The zero-order valence-electron chi connectivity index (χ0n) is 15.3. The molecule has 0 fully saturated rings. The van der Waals surface area contributed by atoms with Gasteiger partial charge < -0.3 is 21.3 Å². The molecule has 28 heavy (non-hydrogen) atoms. The van der Waals surface area contributed by atoms with Gasteiger partial charge in [0.25, 0.3) is 0 Å². The Morgan fingerprint density at radius 1 is 0.964 bits per heavy atom. The monoisotopic (exact) mass is 395 g/mol. The SMILES string of the molecule is CSc1cccc(NC(=O)NCCNc2ccc(Nc3ccncc3)nn2)c1. The van der Waals surface area contributed by atoms with Gasteiger partial charge in [0, 0.05) is 41.8 Å². The number of benzene rings is 1. The van der Waals surface area contributed by atoms with Crippen molar-refractivity contribution in [2.24, 2.45) is 0 Å². The molecule has 0 radical (unpaired) electrons. The molecule has 144 valence electrons. The van der Waals surface area contributed by atoms with Crippen molar-refractivity contribution in [3.05, 3.63) is 60.9 Å². The second-order valence-electron chi connectivity index (χ2n) is 5.70. The van der Waals surface area contributed by atoms with Gasteiger partial charge in [-0.1, -0.05) is 6.07 Å². The summed E-state index contributed by atoms with van der Waals surface area (Å²) in [6.07, 6.45) is 5.40. The van der Waals surface area contributed by atoms with Crippen molar-refractivity contribution in [1.82, 2.24) is 20.5 Å². The van der Waals surface area contributed by atoms with Crippen LogP contribution in [0.5, 0.6) is 0 Å². The van der Waals surface area contributed by atoms with Gasteiger partial charge in [-0.3, -0.25) is 4.98 Å². The number of hydrogen-bond donors (Lipinski definition) is 4. The van der Waals surface area contributed by atoms with E-state index in [2.05, 4.69) is 36.4 Å². The lowest BCUT2D eigenvalue weighted by atomic mass is 10.3. The standard InChI is InChI=1S/C19H21N7OS/c1-28-16-4-2-3-15(13-16)24-19(27)22-12-11-21-17-5-6-18(26-25-17)23-14-7-9-20-10-8-14/h2-10,13H,11-12H2,1H3,(H,21,25)(H,20,23,26)(H2,22,24,27). The van der Waals surface area contributed by atoms with Crippen LogP contribution in [-0.4, -0.2) is 40.6 Å². The zero-order valence-corrected chi connectivity index (χ0v) is 16.2. The quantitative estimate of drug-likeness (QED) is 0.341. The van der Waals surface area contributed by atoms with Gasteiger partial charge in [0.2, 0.25) is 0 Å². The summed E-state index contributed by atoms with van der Waals surface area (Å²) in [5.74, 6) is 1.27. The summed E-state index contributed by atoms with van der Waals surface area (Å²) in [6, 6.07) is 14.8. The van der Waals surface area contributed by atoms with E-state index < -0.39 is 0 Å². The molecule has 0 aliphatic carbocycles. The average Bonchev–Trinajstić information content (AvgIpc) is 2.73. The number of nitrogens with one attached hydrogen (secondary N) is 4. The first kappa shape index (κ1) is 19.4. The van der Waals surface area contributed by atoms with E-state index in [0.717, 1.165) is 16.3 Å². The number of pyridine rings is 1. The van der Waals surface area contributed by atoms with Gasteiger partial charge in [0.1, 0.15) is 5.82 Å². The topological polar surface area (TPSA) is 104 Å². The molecule has 2 amide bonds. The molecular weight excluding hydrogens is 374 g/mol. The van der Waals surface area contributed by atoms with E-state index in [-0.39, 0.29) is 6.03 Å². The molecule has 1 aromatic carbocycles. The van der Waals surface area contributed by atoms with E-state index in [1.807, 2.05) is 54.8 Å². The molecular formula is C19H21N7OS. The number of thioether (sulfide) groups is 1. The van der Waals surface area contributed by atoms with Crippen LogP contribution in [0.1, 0.15) is 0 Å². The number of nitrogens with zero attached hydrogens (tertiary/aromatic N) is 3. The van der Waals surface area contributed by atoms with E-state index in [1.54, 1.807) is 24.2 Å². The summed E-state index contributed by atoms with van der Waals surface area (Å²) in [6.45, 7) is 0.983. The number of urea groups is 1. The molecule has 0 saturated heterocycles. The third-order valence-electron chi connectivity index (χ3n) is 3.66. The van der Waals surface area contributed by atoms with Crippen molar-refractivity contribution in [3.63, 3.8) is 0 Å². The smallest absolute Gasteiger partial charge is 0.319 e. The van der Waals surface area contributed by atoms with Crippen LogP contribution in [0.4, 0.5) is 27.8 Å². The Bertz CT molecular complexity index is 890. The first-order valence-electron chi connectivity index (χ1n) is 8.66. The maximum atomic E-state index is 11.9. The summed E-state index contributed by atoms with van der Waals surface area (Å²) >= 11 is 1.63. The lowest BCUT2D eigenvalue weighted by Gasteiger charge is -2.10. The van der Waals surface area contributed by atoms with Crippen molar-refractivity contribution >= 4 is 40.8 Å². The lowest BCUT2D eigenvalue weighted by molar-refractivity contribution is 0.252. The third kappa shape index (κ3) is 6.13. The predicted octanol–water partition coefficient (Wildman–Crippen LogP) is 3.57. The zero-order chi connectivity index (χ0) is 19.6. The summed E-state index contributed by atoms with van der Waals surface area (Å²) in [5.41, 5.74) is 1.66. The molecule has 3 aromatic rings. The van der Waals surface area contributed by atoms with E-state index in [1.165, 1.54) is 0 Å². The second kappa shape index (κ2) is 10.1. The molecule has 0 atom stereocenters. The number of amides is 2. The van der Waals surface area contributed by atoms with Gasteiger partial charge >= 0.3 is 6.03 Å². The van der Waals surface area contributed by atoms with Gasteiger partial charge in [-0.25, -0.2) is 4.79 Å². The highest BCUT2D eigenvalue weighted by molar-refractivity contribution is 7.98. The average molecular weight is 395 g/mol. The summed E-state index contributed by atoms with van der Waals surface area (Å²) < 4.78 is 0. The van der Waals surface area contributed by atoms with Gasteiger partial charge in [-0.2, -0.15) is 0 Å². The summed E-state index contributed by atoms with van der Waals surface area (Å²) in [7, 11) is 0. The Labute approximate surface area is 167 Å². The Hall–Kier alpha value is -3.33. The number of carbonyl (C=O) groups is 1. The molecule has 0 aliphatic rings. The van der Waals surface area contributed by atoms with Crippen LogP contribution < -0.4 is 21.3 Å². The van der Waals surface area contributed by atoms with Crippen LogP contribution in [-0.2, 0) is 0 Å². The summed E-state index contributed by atoms with van der Waals surface area (Å²) in [4.78, 5) is 17.0. The van der Waals surface area contributed by atoms with Crippen molar-refractivity contribution in [3.8, 4) is 0 Å². The Morgan fingerprint density at radius 3 is 2.50 bits per heavy atom. The van der Waals surface area contributed by atoms with E-state index in [9.17, 15) is 4.79 Å². The highest BCUT2D eigenvalue weighted by Gasteiger charge is 2.02. The van der Waals surface area contributed by atoms with E-state index >= 15 is 0 Å².